The van der Waals surface area contributed by atoms with Gasteiger partial charge in [-0.05, 0) is 69.1 Å². The van der Waals surface area contributed by atoms with Gasteiger partial charge in [0.05, 0.1) is 29.4 Å². The second kappa shape index (κ2) is 8.24. The van der Waals surface area contributed by atoms with E-state index in [4.69, 9.17) is 16.3 Å². The quantitative estimate of drug-likeness (QED) is 0.583. The van der Waals surface area contributed by atoms with Crippen molar-refractivity contribution in [2.45, 2.75) is 58.0 Å². The SMILES string of the molecule is CC(C(=O)O)n1nc(Cn2cc3cc(OCC4CC4)c(Cl)cc3n2)c2c(c1=O)CCCC2. The van der Waals surface area contributed by atoms with Gasteiger partial charge in [-0.1, -0.05) is 11.6 Å². The second-order valence-electron chi connectivity index (χ2n) is 8.80. The number of ether oxygens (including phenoxy) is 1. The van der Waals surface area contributed by atoms with Gasteiger partial charge in [-0.25, -0.2) is 9.48 Å². The van der Waals surface area contributed by atoms with Crippen LogP contribution in [0.4, 0.5) is 0 Å². The van der Waals surface area contributed by atoms with Gasteiger partial charge in [0.1, 0.15) is 5.75 Å². The molecule has 1 fully saturated rings. The molecule has 0 saturated heterocycles. The number of fused-ring (bicyclic) bond motifs is 2. The highest BCUT2D eigenvalue weighted by Crippen LogP contribution is 2.34. The molecule has 2 aromatic heterocycles. The standard InChI is InChI=1S/C23H25ClN4O4/c1-13(23(30)31)28-22(29)17-5-3-2-4-16(17)20(26-28)11-27-10-15-8-21(32-12-14-6-7-14)18(24)9-19(15)25-27/h8-10,13-14H,2-7,11-12H2,1H3,(H,30,31). The van der Waals surface area contributed by atoms with Crippen molar-refractivity contribution in [1.82, 2.24) is 19.6 Å². The molecule has 1 aromatic carbocycles. The normalized spacial score (nSPS) is 16.7. The van der Waals surface area contributed by atoms with Crippen LogP contribution in [0.25, 0.3) is 10.9 Å². The summed E-state index contributed by atoms with van der Waals surface area (Å²) >= 11 is 6.39. The summed E-state index contributed by atoms with van der Waals surface area (Å²) in [7, 11) is 0. The van der Waals surface area contributed by atoms with Crippen LogP contribution in [0.3, 0.4) is 0 Å². The third-order valence-electron chi connectivity index (χ3n) is 6.32. The summed E-state index contributed by atoms with van der Waals surface area (Å²) in [6.45, 7) is 2.50. The number of hydrogen-bond acceptors (Lipinski definition) is 5. The van der Waals surface area contributed by atoms with E-state index < -0.39 is 12.0 Å². The molecule has 1 saturated carbocycles. The number of halogens is 1. The molecule has 0 bridgehead atoms. The van der Waals surface area contributed by atoms with Crippen LogP contribution in [0, 0.1) is 5.92 Å². The number of hydrogen-bond donors (Lipinski definition) is 1. The Hall–Kier alpha value is -2.87. The van der Waals surface area contributed by atoms with Gasteiger partial charge in [-0.15, -0.1) is 0 Å². The van der Waals surface area contributed by atoms with Crippen LogP contribution in [0.15, 0.2) is 23.1 Å². The highest BCUT2D eigenvalue weighted by atomic mass is 35.5. The van der Waals surface area contributed by atoms with Gasteiger partial charge in [-0.2, -0.15) is 10.2 Å². The fourth-order valence-electron chi connectivity index (χ4n) is 4.24. The molecule has 1 atom stereocenters. The average Bonchev–Trinajstić information content (AvgIpc) is 3.53. The molecule has 0 spiro atoms. The van der Waals surface area contributed by atoms with Crippen molar-refractivity contribution in [3.05, 3.63) is 50.5 Å². The van der Waals surface area contributed by atoms with Gasteiger partial charge in [-0.3, -0.25) is 9.48 Å². The molecule has 2 heterocycles. The lowest BCUT2D eigenvalue weighted by atomic mass is 9.91. The smallest absolute Gasteiger partial charge is 0.328 e. The Morgan fingerprint density at radius 3 is 2.72 bits per heavy atom. The minimum atomic E-state index is -1.08. The van der Waals surface area contributed by atoms with Crippen LogP contribution in [-0.4, -0.2) is 37.2 Å². The summed E-state index contributed by atoms with van der Waals surface area (Å²) in [5.74, 6) is 0.204. The summed E-state index contributed by atoms with van der Waals surface area (Å²) in [5, 5.41) is 20.0. The van der Waals surface area contributed by atoms with E-state index in [1.54, 1.807) is 10.7 Å². The van der Waals surface area contributed by atoms with E-state index >= 15 is 0 Å². The first kappa shape index (κ1) is 21.0. The maximum absolute atomic E-state index is 12.9. The van der Waals surface area contributed by atoms with E-state index in [1.165, 1.54) is 19.8 Å². The predicted octanol–water partition coefficient (Wildman–Crippen LogP) is 3.61. The highest BCUT2D eigenvalue weighted by molar-refractivity contribution is 6.32. The first-order chi connectivity index (χ1) is 15.4. The van der Waals surface area contributed by atoms with E-state index in [2.05, 4.69) is 10.2 Å². The van der Waals surface area contributed by atoms with Crippen molar-refractivity contribution in [3.8, 4) is 5.75 Å². The number of carbonyl (C=O) groups is 1. The lowest BCUT2D eigenvalue weighted by molar-refractivity contribution is -0.140. The molecule has 0 aliphatic heterocycles. The number of aromatic nitrogens is 4. The van der Waals surface area contributed by atoms with Crippen LogP contribution in [0.2, 0.25) is 5.02 Å². The van der Waals surface area contributed by atoms with Crippen molar-refractivity contribution < 1.29 is 14.6 Å². The Morgan fingerprint density at radius 1 is 1.25 bits per heavy atom. The predicted molar refractivity (Wildman–Crippen MR) is 120 cm³/mol. The molecule has 32 heavy (non-hydrogen) atoms. The second-order valence-corrected chi connectivity index (χ2v) is 9.20. The summed E-state index contributed by atoms with van der Waals surface area (Å²) < 4.78 is 8.74. The molecule has 9 heteroatoms. The maximum Gasteiger partial charge on any atom is 0.328 e. The summed E-state index contributed by atoms with van der Waals surface area (Å²) in [4.78, 5) is 24.4. The first-order valence-corrected chi connectivity index (χ1v) is 11.4. The Kier molecular flexibility index (Phi) is 5.41. The molecule has 1 unspecified atom stereocenters. The van der Waals surface area contributed by atoms with Gasteiger partial charge in [0.25, 0.3) is 5.56 Å². The molecule has 0 radical (unpaired) electrons. The minimum Gasteiger partial charge on any atom is -0.492 e. The molecule has 0 amide bonds. The van der Waals surface area contributed by atoms with Gasteiger partial charge in [0.2, 0.25) is 0 Å². The zero-order chi connectivity index (χ0) is 22.4. The van der Waals surface area contributed by atoms with Crippen LogP contribution in [-0.2, 0) is 24.2 Å². The van der Waals surface area contributed by atoms with E-state index in [1.807, 2.05) is 12.3 Å². The summed E-state index contributed by atoms with van der Waals surface area (Å²) in [6.07, 6.45) is 7.63. The van der Waals surface area contributed by atoms with Crippen LogP contribution < -0.4 is 10.3 Å². The van der Waals surface area contributed by atoms with E-state index in [0.29, 0.717) is 47.5 Å². The van der Waals surface area contributed by atoms with Crippen LogP contribution in [0.5, 0.6) is 5.75 Å². The molecule has 168 valence electrons. The lowest BCUT2D eigenvalue weighted by Gasteiger charge is -2.21. The fraction of sp³-hybridized carbons (Fsp3) is 0.478. The number of nitrogens with zero attached hydrogens (tertiary/aromatic N) is 4. The third-order valence-corrected chi connectivity index (χ3v) is 6.62. The highest BCUT2D eigenvalue weighted by Gasteiger charge is 2.25. The minimum absolute atomic E-state index is 0.298. The first-order valence-electron chi connectivity index (χ1n) is 11.1. The molecule has 2 aliphatic rings. The Balaban J connectivity index is 1.50. The molecule has 1 N–H and O–H groups in total. The molecule has 8 nitrogen and oxygen atoms in total. The Bertz CT molecular complexity index is 1260. The molecule has 3 aromatic rings. The fourth-order valence-corrected chi connectivity index (χ4v) is 4.45. The monoisotopic (exact) mass is 456 g/mol. The van der Waals surface area contributed by atoms with Gasteiger partial charge in [0.15, 0.2) is 6.04 Å². The van der Waals surface area contributed by atoms with Gasteiger partial charge >= 0.3 is 5.97 Å². The number of carboxylic acids is 1. The number of carboxylic acid groups (broad SMARTS) is 1. The molecule has 5 rings (SSSR count). The molecular formula is C23H25ClN4O4. The van der Waals surface area contributed by atoms with Crippen molar-refractivity contribution >= 4 is 28.5 Å². The third kappa shape index (κ3) is 3.99. The van der Waals surface area contributed by atoms with Crippen LogP contribution >= 0.6 is 11.6 Å². The van der Waals surface area contributed by atoms with Crippen molar-refractivity contribution in [2.24, 2.45) is 5.92 Å². The average molecular weight is 457 g/mol. The largest absolute Gasteiger partial charge is 0.492 e. The maximum atomic E-state index is 12.9. The zero-order valence-electron chi connectivity index (χ0n) is 17.9. The molecule has 2 aliphatic carbocycles. The molecular weight excluding hydrogens is 432 g/mol. The van der Waals surface area contributed by atoms with Crippen LogP contribution in [0.1, 0.15) is 55.5 Å². The van der Waals surface area contributed by atoms with Gasteiger partial charge in [0, 0.05) is 17.1 Å². The van der Waals surface area contributed by atoms with Gasteiger partial charge < -0.3 is 9.84 Å². The lowest BCUT2D eigenvalue weighted by Crippen LogP contribution is -2.36. The summed E-state index contributed by atoms with van der Waals surface area (Å²) in [5.41, 5.74) is 2.76. The number of aliphatic carboxylic acids is 1. The van der Waals surface area contributed by atoms with Crippen molar-refractivity contribution in [3.63, 3.8) is 0 Å². The van der Waals surface area contributed by atoms with E-state index in [-0.39, 0.29) is 5.56 Å². The topological polar surface area (TPSA) is 99.2 Å². The van der Waals surface area contributed by atoms with E-state index in [0.717, 1.165) is 40.4 Å². The Morgan fingerprint density at radius 2 is 2.00 bits per heavy atom. The Labute approximate surface area is 189 Å². The zero-order valence-corrected chi connectivity index (χ0v) is 18.6. The summed E-state index contributed by atoms with van der Waals surface area (Å²) in [6, 6.07) is 2.67. The van der Waals surface area contributed by atoms with Crippen molar-refractivity contribution in [1.29, 1.82) is 0 Å². The number of benzene rings is 1. The van der Waals surface area contributed by atoms with Crippen molar-refractivity contribution in [2.75, 3.05) is 6.61 Å². The van der Waals surface area contributed by atoms with E-state index in [9.17, 15) is 14.7 Å². The number of rotatable bonds is 7.